The highest BCUT2D eigenvalue weighted by Gasteiger charge is 2.09. The molecule has 11 heavy (non-hydrogen) atoms. The summed E-state index contributed by atoms with van der Waals surface area (Å²) in [6, 6.07) is -1.38. The first-order chi connectivity index (χ1) is 5.07. The molecular weight excluding hydrogens is 150 g/mol. The molecule has 7 heteroatoms. The number of carbonyl (C=O) groups is 2. The number of nitrogens with one attached hydrogen (secondary N) is 3. The van der Waals surface area contributed by atoms with E-state index in [0.717, 1.165) is 0 Å². The molecule has 7 nitrogen and oxygen atoms in total. The average Bonchev–Trinajstić information content (AvgIpc) is 1.98. The van der Waals surface area contributed by atoms with Gasteiger partial charge >= 0.3 is 6.03 Å². The fourth-order valence-electron chi connectivity index (χ4n) is 0.370. The fraction of sp³-hybridized carbons (Fsp3) is 0.500. The fourth-order valence-corrected chi connectivity index (χ4v) is 0.370. The van der Waals surface area contributed by atoms with E-state index in [2.05, 4.69) is 5.43 Å². The van der Waals surface area contributed by atoms with Crippen LogP contribution in [0.15, 0.2) is 0 Å². The van der Waals surface area contributed by atoms with Crippen LogP contribution >= 0.6 is 0 Å². The normalized spacial score (nSPS) is 11.8. The van der Waals surface area contributed by atoms with Crippen molar-refractivity contribution in [3.8, 4) is 0 Å². The van der Waals surface area contributed by atoms with E-state index in [1.165, 1.54) is 6.92 Å². The van der Waals surface area contributed by atoms with Crippen molar-refractivity contribution in [3.63, 3.8) is 0 Å². The topological polar surface area (TPSA) is 122 Å². The Kier molecular flexibility index (Phi) is 3.93. The van der Waals surface area contributed by atoms with Gasteiger partial charge in [-0.15, -0.1) is 0 Å². The van der Waals surface area contributed by atoms with Gasteiger partial charge in [0.05, 0.1) is 0 Å². The zero-order valence-electron chi connectivity index (χ0n) is 6.05. The minimum atomic E-state index is -0.762. The number of hydrogen-bond donors (Lipinski definition) is 5. The molecular formula is C4H11N5O2. The van der Waals surface area contributed by atoms with Crippen LogP contribution in [0, 0.1) is 0 Å². The number of amides is 3. The van der Waals surface area contributed by atoms with Crippen LogP contribution in [0.2, 0.25) is 0 Å². The van der Waals surface area contributed by atoms with Crippen molar-refractivity contribution >= 4 is 11.9 Å². The molecule has 3 amide bonds. The van der Waals surface area contributed by atoms with Gasteiger partial charge in [0.2, 0.25) is 0 Å². The lowest BCUT2D eigenvalue weighted by Crippen LogP contribution is -2.52. The highest BCUT2D eigenvalue weighted by Crippen LogP contribution is 1.75. The van der Waals surface area contributed by atoms with Crippen LogP contribution in [0.4, 0.5) is 4.79 Å². The van der Waals surface area contributed by atoms with Gasteiger partial charge < -0.3 is 5.73 Å². The molecule has 0 fully saturated rings. The van der Waals surface area contributed by atoms with Gasteiger partial charge in [0, 0.05) is 0 Å². The predicted molar refractivity (Wildman–Crippen MR) is 37.6 cm³/mol. The number of hydrazine groups is 2. The predicted octanol–water partition coefficient (Wildman–Crippen LogP) is -2.46. The van der Waals surface area contributed by atoms with Gasteiger partial charge in [0.1, 0.15) is 6.04 Å². The molecule has 0 aliphatic rings. The molecule has 64 valence electrons. The van der Waals surface area contributed by atoms with E-state index in [4.69, 9.17) is 11.6 Å². The maximum absolute atomic E-state index is 10.6. The molecule has 0 aromatic heterocycles. The molecule has 0 aromatic rings. The number of nitrogens with two attached hydrogens (primary N) is 2. The van der Waals surface area contributed by atoms with E-state index in [-0.39, 0.29) is 0 Å². The number of urea groups is 1. The molecule has 0 aromatic carbocycles. The van der Waals surface area contributed by atoms with Crippen molar-refractivity contribution in [1.82, 2.24) is 16.3 Å². The second-order valence-corrected chi connectivity index (χ2v) is 1.86. The first-order valence-corrected chi connectivity index (χ1v) is 2.89. The molecule has 0 bridgehead atoms. The quantitative estimate of drug-likeness (QED) is 0.179. The number of hydrogen-bond acceptors (Lipinski definition) is 4. The lowest BCUT2D eigenvalue weighted by Gasteiger charge is -2.10. The van der Waals surface area contributed by atoms with Crippen LogP contribution in [0.1, 0.15) is 6.92 Å². The summed E-state index contributed by atoms with van der Waals surface area (Å²) in [4.78, 5) is 20.7. The van der Waals surface area contributed by atoms with E-state index < -0.39 is 18.0 Å². The molecule has 0 heterocycles. The smallest absolute Gasteiger partial charge is 0.326 e. The highest BCUT2D eigenvalue weighted by atomic mass is 16.2. The molecule has 0 unspecified atom stereocenters. The van der Waals surface area contributed by atoms with E-state index in [9.17, 15) is 9.59 Å². The van der Waals surface area contributed by atoms with Gasteiger partial charge in [-0.1, -0.05) is 0 Å². The number of rotatable bonds is 3. The SMILES string of the molecule is C[C@H](NNC(N)=O)C(=O)NN. The Balaban J connectivity index is 3.60. The molecule has 0 saturated carbocycles. The summed E-state index contributed by atoms with van der Waals surface area (Å²) in [7, 11) is 0. The van der Waals surface area contributed by atoms with Gasteiger partial charge in [-0.25, -0.2) is 16.1 Å². The highest BCUT2D eigenvalue weighted by molar-refractivity contribution is 5.81. The second-order valence-electron chi connectivity index (χ2n) is 1.86. The summed E-state index contributed by atoms with van der Waals surface area (Å²) in [6.07, 6.45) is 0. The third-order valence-corrected chi connectivity index (χ3v) is 0.947. The minimum Gasteiger partial charge on any atom is -0.351 e. The van der Waals surface area contributed by atoms with Crippen molar-refractivity contribution in [2.75, 3.05) is 0 Å². The van der Waals surface area contributed by atoms with Crippen LogP contribution in [0.3, 0.4) is 0 Å². The van der Waals surface area contributed by atoms with Crippen LogP contribution in [-0.2, 0) is 4.79 Å². The van der Waals surface area contributed by atoms with Crippen LogP contribution in [0.25, 0.3) is 0 Å². The molecule has 0 rings (SSSR count). The Morgan fingerprint density at radius 1 is 1.45 bits per heavy atom. The van der Waals surface area contributed by atoms with Crippen molar-refractivity contribution in [2.45, 2.75) is 13.0 Å². The average molecular weight is 161 g/mol. The first kappa shape index (κ1) is 9.66. The molecule has 1 atom stereocenters. The maximum Gasteiger partial charge on any atom is 0.326 e. The van der Waals surface area contributed by atoms with Crippen LogP contribution < -0.4 is 27.9 Å². The van der Waals surface area contributed by atoms with Gasteiger partial charge in [-0.2, -0.15) is 0 Å². The molecule has 0 radical (unpaired) electrons. The Labute approximate surface area is 63.4 Å². The van der Waals surface area contributed by atoms with Crippen LogP contribution in [0.5, 0.6) is 0 Å². The minimum absolute atomic E-state index is 0.446. The van der Waals surface area contributed by atoms with Gasteiger partial charge in [-0.3, -0.25) is 15.6 Å². The van der Waals surface area contributed by atoms with E-state index in [1.807, 2.05) is 10.9 Å². The third-order valence-electron chi connectivity index (χ3n) is 0.947. The Bertz CT molecular complexity index is 159. The van der Waals surface area contributed by atoms with Crippen molar-refractivity contribution in [1.29, 1.82) is 0 Å². The molecule has 7 N–H and O–H groups in total. The summed E-state index contributed by atoms with van der Waals surface area (Å²) in [6.45, 7) is 1.51. The van der Waals surface area contributed by atoms with Crippen molar-refractivity contribution in [3.05, 3.63) is 0 Å². The van der Waals surface area contributed by atoms with Crippen molar-refractivity contribution in [2.24, 2.45) is 11.6 Å². The largest absolute Gasteiger partial charge is 0.351 e. The van der Waals surface area contributed by atoms with Gasteiger partial charge in [0.25, 0.3) is 5.91 Å². The third kappa shape index (κ3) is 4.12. The zero-order chi connectivity index (χ0) is 8.85. The molecule has 0 aliphatic heterocycles. The lowest BCUT2D eigenvalue weighted by atomic mass is 10.3. The van der Waals surface area contributed by atoms with Gasteiger partial charge in [0.15, 0.2) is 0 Å². The molecule has 0 saturated heterocycles. The van der Waals surface area contributed by atoms with Crippen molar-refractivity contribution < 1.29 is 9.59 Å². The monoisotopic (exact) mass is 161 g/mol. The molecule has 0 spiro atoms. The Morgan fingerprint density at radius 3 is 2.36 bits per heavy atom. The van der Waals surface area contributed by atoms with E-state index >= 15 is 0 Å². The standard InChI is InChI=1S/C4H11N5O2/c1-2(3(10)7-6)8-9-4(5)11/h2,8H,6H2,1H3,(H,7,10)(H3,5,9,11)/t2-/m0/s1. The number of carbonyl (C=O) groups excluding carboxylic acids is 2. The van der Waals surface area contributed by atoms with E-state index in [1.54, 1.807) is 0 Å². The summed E-state index contributed by atoms with van der Waals surface area (Å²) in [5.41, 5.74) is 11.0. The summed E-state index contributed by atoms with van der Waals surface area (Å²) in [5, 5.41) is 0. The summed E-state index contributed by atoms with van der Waals surface area (Å²) < 4.78 is 0. The maximum atomic E-state index is 10.6. The summed E-state index contributed by atoms with van der Waals surface area (Å²) in [5.74, 6) is 4.35. The lowest BCUT2D eigenvalue weighted by molar-refractivity contribution is -0.122. The van der Waals surface area contributed by atoms with E-state index in [0.29, 0.717) is 0 Å². The second kappa shape index (κ2) is 4.47. The van der Waals surface area contributed by atoms with Crippen LogP contribution in [-0.4, -0.2) is 18.0 Å². The first-order valence-electron chi connectivity index (χ1n) is 2.89. The Hall–Kier alpha value is -1.34. The zero-order valence-corrected chi connectivity index (χ0v) is 6.05. The Morgan fingerprint density at radius 2 is 2.00 bits per heavy atom. The molecule has 0 aliphatic carbocycles. The number of primary amides is 1. The van der Waals surface area contributed by atoms with Gasteiger partial charge in [-0.05, 0) is 6.92 Å². The summed E-state index contributed by atoms with van der Waals surface area (Å²) >= 11 is 0.